The Labute approximate surface area is 204 Å². The summed E-state index contributed by atoms with van der Waals surface area (Å²) in [5.41, 5.74) is 4.10. The van der Waals surface area contributed by atoms with Crippen LogP contribution in [-0.2, 0) is 16.6 Å². The summed E-state index contributed by atoms with van der Waals surface area (Å²) in [4.78, 5) is 5.03. The van der Waals surface area contributed by atoms with E-state index < -0.39 is 15.8 Å². The first-order chi connectivity index (χ1) is 16.5. The topological polar surface area (TPSA) is 64.0 Å². The number of nitrogens with one attached hydrogen (secondary N) is 1. The van der Waals surface area contributed by atoms with Gasteiger partial charge in [-0.1, -0.05) is 79.3 Å². The Morgan fingerprint density at radius 1 is 0.912 bits per heavy atom. The van der Waals surface area contributed by atoms with Crippen LogP contribution >= 0.6 is 11.8 Å². The Morgan fingerprint density at radius 2 is 1.53 bits per heavy atom. The molecule has 0 aliphatic heterocycles. The fraction of sp³-hybridized carbons (Fsp3) is 0.192. The minimum absolute atomic E-state index is 0.0455. The summed E-state index contributed by atoms with van der Waals surface area (Å²) in [5, 5.41) is 0.848. The number of aromatic nitrogens is 2. The SMILES string of the molecule is CCCn1c(SCCNS(=O)(=O)c2ccc(F)cc2)nc(-c2ccccc2)c1-c1ccccc1. The van der Waals surface area contributed by atoms with E-state index >= 15 is 0 Å². The second-order valence-corrected chi connectivity index (χ2v) is 10.5. The van der Waals surface area contributed by atoms with Gasteiger partial charge in [-0.3, -0.25) is 0 Å². The van der Waals surface area contributed by atoms with Crippen molar-refractivity contribution in [1.82, 2.24) is 14.3 Å². The molecule has 1 heterocycles. The molecule has 0 atom stereocenters. The van der Waals surface area contributed by atoms with Crippen LogP contribution in [0.4, 0.5) is 4.39 Å². The van der Waals surface area contributed by atoms with Gasteiger partial charge in [0.2, 0.25) is 10.0 Å². The van der Waals surface area contributed by atoms with E-state index in [0.717, 1.165) is 52.8 Å². The van der Waals surface area contributed by atoms with Crippen molar-refractivity contribution in [1.29, 1.82) is 0 Å². The van der Waals surface area contributed by atoms with Gasteiger partial charge in [-0.2, -0.15) is 0 Å². The largest absolute Gasteiger partial charge is 0.318 e. The zero-order valence-corrected chi connectivity index (χ0v) is 20.4. The molecule has 0 fully saturated rings. The molecule has 0 saturated carbocycles. The molecule has 176 valence electrons. The number of hydrogen-bond donors (Lipinski definition) is 1. The van der Waals surface area contributed by atoms with Crippen LogP contribution in [-0.4, -0.2) is 30.3 Å². The van der Waals surface area contributed by atoms with E-state index in [4.69, 9.17) is 4.98 Å². The van der Waals surface area contributed by atoms with Crippen molar-refractivity contribution in [3.63, 3.8) is 0 Å². The van der Waals surface area contributed by atoms with E-state index in [1.54, 1.807) is 0 Å². The van der Waals surface area contributed by atoms with Gasteiger partial charge >= 0.3 is 0 Å². The predicted molar refractivity (Wildman–Crippen MR) is 136 cm³/mol. The van der Waals surface area contributed by atoms with E-state index in [1.807, 2.05) is 36.4 Å². The molecule has 0 radical (unpaired) electrons. The fourth-order valence-corrected chi connectivity index (χ4v) is 5.72. The summed E-state index contributed by atoms with van der Waals surface area (Å²) in [7, 11) is -3.70. The van der Waals surface area contributed by atoms with Gasteiger partial charge in [-0.25, -0.2) is 22.5 Å². The lowest BCUT2D eigenvalue weighted by atomic mass is 10.0. The molecule has 5 nitrogen and oxygen atoms in total. The molecule has 0 bridgehead atoms. The zero-order valence-electron chi connectivity index (χ0n) is 18.8. The first kappa shape index (κ1) is 24.2. The standard InChI is InChI=1S/C26H26FN3O2S2/c1-2-18-30-25(21-11-7-4-8-12-21)24(20-9-5-3-6-10-20)29-26(30)33-19-17-28-34(31,32)23-15-13-22(27)14-16-23/h3-16,28H,2,17-19H2,1H3. The van der Waals surface area contributed by atoms with Crippen LogP contribution in [0.5, 0.6) is 0 Å². The lowest BCUT2D eigenvalue weighted by Gasteiger charge is -2.12. The monoisotopic (exact) mass is 495 g/mol. The molecule has 0 unspecified atom stereocenters. The smallest absolute Gasteiger partial charge is 0.240 e. The molecule has 0 amide bonds. The van der Waals surface area contributed by atoms with E-state index in [2.05, 4.69) is 40.5 Å². The van der Waals surface area contributed by atoms with E-state index in [9.17, 15) is 12.8 Å². The maximum Gasteiger partial charge on any atom is 0.240 e. The molecule has 1 aromatic heterocycles. The number of imidazole rings is 1. The third kappa shape index (κ3) is 5.58. The van der Waals surface area contributed by atoms with Crippen LogP contribution in [0.25, 0.3) is 22.5 Å². The van der Waals surface area contributed by atoms with Crippen molar-refractivity contribution in [2.24, 2.45) is 0 Å². The van der Waals surface area contributed by atoms with E-state index in [-0.39, 0.29) is 11.4 Å². The number of halogens is 1. The van der Waals surface area contributed by atoms with Gasteiger partial charge in [0.15, 0.2) is 5.16 Å². The minimum atomic E-state index is -3.70. The molecule has 0 aliphatic rings. The molecule has 0 aliphatic carbocycles. The van der Waals surface area contributed by atoms with E-state index in [0.29, 0.717) is 5.75 Å². The summed E-state index contributed by atoms with van der Waals surface area (Å²) in [6.45, 7) is 3.15. The molecule has 4 aromatic rings. The van der Waals surface area contributed by atoms with E-state index in [1.165, 1.54) is 23.9 Å². The average molecular weight is 496 g/mol. The van der Waals surface area contributed by atoms with Crippen molar-refractivity contribution in [3.05, 3.63) is 90.7 Å². The van der Waals surface area contributed by atoms with Gasteiger partial charge in [0.25, 0.3) is 0 Å². The first-order valence-corrected chi connectivity index (χ1v) is 13.6. The van der Waals surface area contributed by atoms with Gasteiger partial charge < -0.3 is 4.57 Å². The molecule has 0 saturated heterocycles. The normalized spacial score (nSPS) is 11.6. The van der Waals surface area contributed by atoms with Gasteiger partial charge in [-0.05, 0) is 30.7 Å². The van der Waals surface area contributed by atoms with Gasteiger partial charge in [0.1, 0.15) is 5.82 Å². The second-order valence-electron chi connectivity index (χ2n) is 7.68. The summed E-state index contributed by atoms with van der Waals surface area (Å²) >= 11 is 1.51. The summed E-state index contributed by atoms with van der Waals surface area (Å²) in [6.07, 6.45) is 0.940. The quantitative estimate of drug-likeness (QED) is 0.222. The minimum Gasteiger partial charge on any atom is -0.318 e. The van der Waals surface area contributed by atoms with Gasteiger partial charge in [0, 0.05) is 30.0 Å². The van der Waals surface area contributed by atoms with Crippen LogP contribution in [0, 0.1) is 5.82 Å². The average Bonchev–Trinajstić information content (AvgIpc) is 3.21. The lowest BCUT2D eigenvalue weighted by Crippen LogP contribution is -2.26. The Kier molecular flexibility index (Phi) is 7.82. The highest BCUT2D eigenvalue weighted by Crippen LogP contribution is 2.36. The van der Waals surface area contributed by atoms with Gasteiger partial charge in [0.05, 0.1) is 16.3 Å². The molecule has 34 heavy (non-hydrogen) atoms. The third-order valence-corrected chi connectivity index (χ3v) is 7.68. The molecule has 4 rings (SSSR count). The van der Waals surface area contributed by atoms with Crippen molar-refractivity contribution in [2.75, 3.05) is 12.3 Å². The second kappa shape index (κ2) is 11.0. The van der Waals surface area contributed by atoms with Crippen LogP contribution < -0.4 is 4.72 Å². The lowest BCUT2D eigenvalue weighted by molar-refractivity contribution is 0.583. The fourth-order valence-electron chi connectivity index (χ4n) is 3.67. The van der Waals surface area contributed by atoms with Crippen molar-refractivity contribution in [2.45, 2.75) is 29.9 Å². The summed E-state index contributed by atoms with van der Waals surface area (Å²) in [6, 6.07) is 25.1. The molecule has 0 spiro atoms. The van der Waals surface area contributed by atoms with Crippen molar-refractivity contribution >= 4 is 21.8 Å². The number of thioether (sulfide) groups is 1. The molecule has 1 N–H and O–H groups in total. The molecular weight excluding hydrogens is 469 g/mol. The highest BCUT2D eigenvalue weighted by Gasteiger charge is 2.20. The Morgan fingerprint density at radius 3 is 2.15 bits per heavy atom. The summed E-state index contributed by atoms with van der Waals surface area (Å²) < 4.78 is 42.9. The van der Waals surface area contributed by atoms with Crippen LogP contribution in [0.3, 0.4) is 0 Å². The maximum atomic E-state index is 13.1. The molecule has 8 heteroatoms. The van der Waals surface area contributed by atoms with Crippen molar-refractivity contribution < 1.29 is 12.8 Å². The number of benzene rings is 3. The zero-order chi connectivity index (χ0) is 24.0. The number of sulfonamides is 1. The Balaban J connectivity index is 1.58. The predicted octanol–water partition coefficient (Wildman–Crippen LogP) is 5.84. The number of rotatable bonds is 10. The van der Waals surface area contributed by atoms with Crippen molar-refractivity contribution in [3.8, 4) is 22.5 Å². The Bertz CT molecular complexity index is 1320. The third-order valence-electron chi connectivity index (χ3n) is 5.22. The maximum absolute atomic E-state index is 13.1. The van der Waals surface area contributed by atoms with Gasteiger partial charge in [-0.15, -0.1) is 0 Å². The first-order valence-electron chi connectivity index (χ1n) is 11.1. The number of nitrogens with zero attached hydrogens (tertiary/aromatic N) is 2. The van der Waals surface area contributed by atoms with Crippen LogP contribution in [0.1, 0.15) is 13.3 Å². The van der Waals surface area contributed by atoms with Crippen LogP contribution in [0.2, 0.25) is 0 Å². The molecule has 3 aromatic carbocycles. The highest BCUT2D eigenvalue weighted by molar-refractivity contribution is 7.99. The Hall–Kier alpha value is -2.94. The number of hydrogen-bond acceptors (Lipinski definition) is 4. The van der Waals surface area contributed by atoms with Crippen LogP contribution in [0.15, 0.2) is 95.0 Å². The summed E-state index contributed by atoms with van der Waals surface area (Å²) in [5.74, 6) is 0.0320. The highest BCUT2D eigenvalue weighted by atomic mass is 32.2. The molecular formula is C26H26FN3O2S2.